The van der Waals surface area contributed by atoms with Crippen molar-refractivity contribution in [3.05, 3.63) is 0 Å². The molecule has 0 bridgehead atoms. The molecule has 0 aromatic carbocycles. The van der Waals surface area contributed by atoms with Crippen LogP contribution in [0.3, 0.4) is 0 Å². The van der Waals surface area contributed by atoms with Crippen LogP contribution in [0.4, 0.5) is 0 Å². The lowest BCUT2D eigenvalue weighted by Gasteiger charge is -2.45. The van der Waals surface area contributed by atoms with E-state index in [0.29, 0.717) is 10.2 Å². The second kappa shape index (κ2) is 7.64. The van der Waals surface area contributed by atoms with Crippen molar-refractivity contribution >= 4 is 17.7 Å². The topological polar surface area (TPSA) is 36.9 Å². The minimum Gasteiger partial charge on any atom is -0.385 e. The Balaban J connectivity index is 1.53. The summed E-state index contributed by atoms with van der Waals surface area (Å²) in [5.74, 6) is 2.37. The van der Waals surface area contributed by atoms with Crippen LogP contribution in [0.5, 0.6) is 0 Å². The molecule has 1 spiro atoms. The summed E-state index contributed by atoms with van der Waals surface area (Å²) in [5, 5.41) is 3.68. The zero-order chi connectivity index (χ0) is 16.2. The lowest BCUT2D eigenvalue weighted by atomic mass is 9.87. The van der Waals surface area contributed by atoms with Gasteiger partial charge in [0.15, 0.2) is 5.96 Å². The number of nitrogens with zero attached hydrogens (tertiary/aromatic N) is 2. The quantitative estimate of drug-likeness (QED) is 0.617. The van der Waals surface area contributed by atoms with Crippen LogP contribution in [0.2, 0.25) is 0 Å². The van der Waals surface area contributed by atoms with Crippen LogP contribution in [-0.2, 0) is 4.74 Å². The minimum atomic E-state index is 0.471. The molecule has 0 aromatic heterocycles. The summed E-state index contributed by atoms with van der Waals surface area (Å²) < 4.78 is 5.77. The molecular weight excluding hydrogens is 306 g/mol. The van der Waals surface area contributed by atoms with Gasteiger partial charge in [-0.15, -0.1) is 0 Å². The number of ether oxygens (including phenoxy) is 1. The average molecular weight is 340 g/mol. The first kappa shape index (κ1) is 17.4. The Morgan fingerprint density at radius 2 is 2.00 bits per heavy atom. The average Bonchev–Trinajstić information content (AvgIpc) is 3.35. The molecule has 4 nitrogen and oxygen atoms in total. The monoisotopic (exact) mass is 339 g/mol. The van der Waals surface area contributed by atoms with Crippen LogP contribution in [0, 0.1) is 5.41 Å². The summed E-state index contributed by atoms with van der Waals surface area (Å²) in [5.41, 5.74) is 0.471. The molecule has 2 aliphatic carbocycles. The smallest absolute Gasteiger partial charge is 0.193 e. The minimum absolute atomic E-state index is 0.471. The van der Waals surface area contributed by atoms with Crippen LogP contribution < -0.4 is 5.32 Å². The number of nitrogens with one attached hydrogen (secondary N) is 1. The molecule has 0 aromatic rings. The van der Waals surface area contributed by atoms with Gasteiger partial charge in [0.1, 0.15) is 0 Å². The summed E-state index contributed by atoms with van der Waals surface area (Å²) >= 11 is 2.22. The van der Waals surface area contributed by atoms with E-state index in [2.05, 4.69) is 27.0 Å². The third-order valence-electron chi connectivity index (χ3n) is 5.94. The maximum atomic E-state index is 5.27. The molecular formula is C18H33N3OS. The zero-order valence-electron chi connectivity index (χ0n) is 14.9. The van der Waals surface area contributed by atoms with Crippen molar-refractivity contribution in [1.29, 1.82) is 0 Å². The Kier molecular flexibility index (Phi) is 5.78. The molecule has 3 rings (SSSR count). The molecule has 1 aliphatic heterocycles. The predicted molar refractivity (Wildman–Crippen MR) is 99.4 cm³/mol. The fourth-order valence-electron chi connectivity index (χ4n) is 4.13. The molecule has 3 aliphatic rings. The van der Waals surface area contributed by atoms with Crippen LogP contribution in [-0.4, -0.2) is 61.8 Å². The SMILES string of the molecule is CN=C(NCC1(CCOC)CC1)N1CCSC2(CCCCC2)C1. The van der Waals surface area contributed by atoms with Crippen molar-refractivity contribution < 1.29 is 4.74 Å². The molecule has 132 valence electrons. The van der Waals surface area contributed by atoms with Gasteiger partial charge in [-0.1, -0.05) is 19.3 Å². The maximum absolute atomic E-state index is 5.27. The van der Waals surface area contributed by atoms with Gasteiger partial charge >= 0.3 is 0 Å². The summed E-state index contributed by atoms with van der Waals surface area (Å²) in [4.78, 5) is 7.11. The third-order valence-corrected chi connectivity index (χ3v) is 7.48. The van der Waals surface area contributed by atoms with E-state index in [1.165, 1.54) is 63.7 Å². The molecule has 1 heterocycles. The largest absolute Gasteiger partial charge is 0.385 e. The van der Waals surface area contributed by atoms with Gasteiger partial charge in [0.2, 0.25) is 0 Å². The van der Waals surface area contributed by atoms with E-state index in [1.807, 2.05) is 7.05 Å². The van der Waals surface area contributed by atoms with Gasteiger partial charge in [-0.05, 0) is 37.5 Å². The number of guanidine groups is 1. The standard InChI is InChI=1S/C18H33N3OS/c1-19-16(20-14-17(8-9-17)10-12-22-2)21-11-13-23-18(15-21)6-4-3-5-7-18/h3-15H2,1-2H3,(H,19,20). The van der Waals surface area contributed by atoms with Crippen LogP contribution in [0.15, 0.2) is 4.99 Å². The first-order chi connectivity index (χ1) is 11.2. The van der Waals surface area contributed by atoms with Crippen LogP contribution in [0.25, 0.3) is 0 Å². The van der Waals surface area contributed by atoms with Gasteiger partial charge < -0.3 is 15.0 Å². The van der Waals surface area contributed by atoms with E-state index in [-0.39, 0.29) is 0 Å². The van der Waals surface area contributed by atoms with Crippen LogP contribution >= 0.6 is 11.8 Å². The van der Waals surface area contributed by atoms with Gasteiger partial charge in [0.05, 0.1) is 0 Å². The Labute approximate surface area is 145 Å². The van der Waals surface area contributed by atoms with Crippen molar-refractivity contribution in [3.8, 4) is 0 Å². The van der Waals surface area contributed by atoms with Crippen molar-refractivity contribution in [2.75, 3.05) is 46.2 Å². The fraction of sp³-hybridized carbons (Fsp3) is 0.944. The summed E-state index contributed by atoms with van der Waals surface area (Å²) in [6.07, 6.45) is 10.9. The fourth-order valence-corrected chi connectivity index (χ4v) is 5.70. The number of rotatable bonds is 5. The summed E-state index contributed by atoms with van der Waals surface area (Å²) in [6, 6.07) is 0. The molecule has 1 saturated heterocycles. The molecule has 23 heavy (non-hydrogen) atoms. The Bertz CT molecular complexity index is 411. The summed E-state index contributed by atoms with van der Waals surface area (Å²) in [6.45, 7) is 4.25. The molecule has 0 unspecified atom stereocenters. The van der Waals surface area contributed by atoms with Gasteiger partial charge in [-0.2, -0.15) is 11.8 Å². The molecule has 2 saturated carbocycles. The maximum Gasteiger partial charge on any atom is 0.193 e. The predicted octanol–water partition coefficient (Wildman–Crippen LogP) is 3.13. The van der Waals surface area contributed by atoms with E-state index in [9.17, 15) is 0 Å². The number of methoxy groups -OCH3 is 1. The van der Waals surface area contributed by atoms with Crippen molar-refractivity contribution in [2.45, 2.75) is 56.1 Å². The van der Waals surface area contributed by atoms with Gasteiger partial charge in [-0.3, -0.25) is 4.99 Å². The van der Waals surface area contributed by atoms with E-state index in [1.54, 1.807) is 7.11 Å². The van der Waals surface area contributed by atoms with Gasteiger partial charge in [0, 0.05) is 50.9 Å². The van der Waals surface area contributed by atoms with Crippen molar-refractivity contribution in [1.82, 2.24) is 10.2 Å². The van der Waals surface area contributed by atoms with E-state index in [4.69, 9.17) is 4.74 Å². The first-order valence-electron chi connectivity index (χ1n) is 9.30. The first-order valence-corrected chi connectivity index (χ1v) is 10.3. The second-order valence-electron chi connectivity index (χ2n) is 7.66. The van der Waals surface area contributed by atoms with E-state index >= 15 is 0 Å². The number of hydrogen-bond donors (Lipinski definition) is 1. The van der Waals surface area contributed by atoms with Crippen LogP contribution in [0.1, 0.15) is 51.4 Å². The van der Waals surface area contributed by atoms with Crippen molar-refractivity contribution in [3.63, 3.8) is 0 Å². The molecule has 0 amide bonds. The molecule has 3 fully saturated rings. The summed E-state index contributed by atoms with van der Waals surface area (Å²) in [7, 11) is 3.74. The molecule has 5 heteroatoms. The molecule has 1 N–H and O–H groups in total. The van der Waals surface area contributed by atoms with E-state index < -0.39 is 0 Å². The number of aliphatic imine (C=N–C) groups is 1. The molecule has 0 radical (unpaired) electrons. The van der Waals surface area contributed by atoms with Crippen molar-refractivity contribution in [2.24, 2.45) is 10.4 Å². The lowest BCUT2D eigenvalue weighted by molar-refractivity contribution is 0.172. The third kappa shape index (κ3) is 4.36. The van der Waals surface area contributed by atoms with Gasteiger partial charge in [0.25, 0.3) is 0 Å². The number of thioether (sulfide) groups is 1. The Morgan fingerprint density at radius 3 is 2.65 bits per heavy atom. The van der Waals surface area contributed by atoms with Gasteiger partial charge in [-0.25, -0.2) is 0 Å². The highest BCUT2D eigenvalue weighted by Gasteiger charge is 2.43. The Hall–Kier alpha value is -0.420. The highest BCUT2D eigenvalue weighted by Crippen LogP contribution is 2.48. The number of hydrogen-bond acceptors (Lipinski definition) is 3. The molecule has 0 atom stereocenters. The Morgan fingerprint density at radius 1 is 1.22 bits per heavy atom. The lowest BCUT2D eigenvalue weighted by Crippen LogP contribution is -2.54. The highest BCUT2D eigenvalue weighted by atomic mass is 32.2. The zero-order valence-corrected chi connectivity index (χ0v) is 15.7. The van der Waals surface area contributed by atoms with E-state index in [0.717, 1.165) is 25.7 Å². The second-order valence-corrected chi connectivity index (χ2v) is 9.22. The normalized spacial score (nSPS) is 26.3. The highest BCUT2D eigenvalue weighted by molar-refractivity contribution is 8.00.